The lowest BCUT2D eigenvalue weighted by Gasteiger charge is -2.06. The molecule has 104 valence electrons. The van der Waals surface area contributed by atoms with Gasteiger partial charge < -0.3 is 9.84 Å². The summed E-state index contributed by atoms with van der Waals surface area (Å²) in [5.74, 6) is 0.924. The van der Waals surface area contributed by atoms with E-state index in [4.69, 9.17) is 4.74 Å². The maximum atomic E-state index is 10.6. The van der Waals surface area contributed by atoms with Crippen LogP contribution in [-0.4, -0.2) is 18.0 Å². The summed E-state index contributed by atoms with van der Waals surface area (Å²) in [7, 11) is 0. The van der Waals surface area contributed by atoms with Crippen LogP contribution in [0.1, 0.15) is 28.4 Å². The first-order chi connectivity index (χ1) is 9.72. The molecule has 3 heteroatoms. The fraction of sp³-hybridized carbons (Fsp3) is 0.235. The van der Waals surface area contributed by atoms with Crippen LogP contribution in [0, 0.1) is 0 Å². The molecule has 2 aromatic rings. The van der Waals surface area contributed by atoms with Gasteiger partial charge in [0.25, 0.3) is 0 Å². The molecule has 0 aliphatic rings. The van der Waals surface area contributed by atoms with Gasteiger partial charge in [0.2, 0.25) is 0 Å². The fourth-order valence-corrected chi connectivity index (χ4v) is 2.05. The van der Waals surface area contributed by atoms with E-state index in [0.29, 0.717) is 18.5 Å². The highest BCUT2D eigenvalue weighted by molar-refractivity contribution is 5.79. The number of aldehydes is 1. The highest BCUT2D eigenvalue weighted by Crippen LogP contribution is 2.19. The van der Waals surface area contributed by atoms with Gasteiger partial charge in [-0.25, -0.2) is 0 Å². The van der Waals surface area contributed by atoms with E-state index >= 15 is 0 Å². The van der Waals surface area contributed by atoms with Crippen molar-refractivity contribution in [3.05, 3.63) is 59.2 Å². The molecule has 3 nitrogen and oxygen atoms in total. The third-order valence-corrected chi connectivity index (χ3v) is 3.16. The molecule has 0 spiro atoms. The van der Waals surface area contributed by atoms with E-state index in [-0.39, 0.29) is 5.75 Å². The largest absolute Gasteiger partial charge is 0.507 e. The Kier molecular flexibility index (Phi) is 4.77. The third kappa shape index (κ3) is 3.60. The molecule has 0 heterocycles. The minimum atomic E-state index is 0.0455. The molecule has 0 unspecified atom stereocenters. The number of ether oxygens (including phenoxy) is 1. The van der Waals surface area contributed by atoms with E-state index in [1.165, 1.54) is 5.56 Å². The van der Waals surface area contributed by atoms with Crippen LogP contribution < -0.4 is 4.74 Å². The smallest absolute Gasteiger partial charge is 0.153 e. The summed E-state index contributed by atoms with van der Waals surface area (Å²) in [6.07, 6.45) is 2.36. The van der Waals surface area contributed by atoms with Crippen molar-refractivity contribution in [1.29, 1.82) is 0 Å². The summed E-state index contributed by atoms with van der Waals surface area (Å²) in [5.41, 5.74) is 2.56. The molecule has 0 saturated heterocycles. The van der Waals surface area contributed by atoms with Crippen LogP contribution in [0.2, 0.25) is 0 Å². The Morgan fingerprint density at radius 1 is 1.05 bits per heavy atom. The summed E-state index contributed by atoms with van der Waals surface area (Å²) in [5, 5.41) is 9.64. The monoisotopic (exact) mass is 270 g/mol. The van der Waals surface area contributed by atoms with Gasteiger partial charge in [0, 0.05) is 0 Å². The second-order valence-corrected chi connectivity index (χ2v) is 4.59. The van der Waals surface area contributed by atoms with Gasteiger partial charge in [-0.05, 0) is 55.2 Å². The average molecular weight is 270 g/mol. The summed E-state index contributed by atoms with van der Waals surface area (Å²) < 4.78 is 5.40. The molecule has 20 heavy (non-hydrogen) atoms. The van der Waals surface area contributed by atoms with Gasteiger partial charge in [0.05, 0.1) is 12.2 Å². The van der Waals surface area contributed by atoms with Gasteiger partial charge >= 0.3 is 0 Å². The van der Waals surface area contributed by atoms with Crippen molar-refractivity contribution in [3.63, 3.8) is 0 Å². The molecule has 0 saturated carbocycles. The lowest BCUT2D eigenvalue weighted by molar-refractivity contribution is 0.112. The first kappa shape index (κ1) is 14.1. The molecular weight excluding hydrogens is 252 g/mol. The normalized spacial score (nSPS) is 10.2. The summed E-state index contributed by atoms with van der Waals surface area (Å²) in [6, 6.07) is 13.2. The molecule has 0 bridgehead atoms. The van der Waals surface area contributed by atoms with Gasteiger partial charge in [0.15, 0.2) is 6.29 Å². The Bertz CT molecular complexity index is 573. The fourth-order valence-electron chi connectivity index (χ4n) is 2.05. The number of benzene rings is 2. The quantitative estimate of drug-likeness (QED) is 0.818. The van der Waals surface area contributed by atoms with E-state index in [1.807, 2.05) is 37.3 Å². The van der Waals surface area contributed by atoms with Gasteiger partial charge in [0.1, 0.15) is 11.5 Å². The molecule has 1 N–H and O–H groups in total. The van der Waals surface area contributed by atoms with Gasteiger partial charge in [-0.1, -0.05) is 18.2 Å². The molecule has 2 aromatic carbocycles. The number of hydrogen-bond acceptors (Lipinski definition) is 3. The van der Waals surface area contributed by atoms with Crippen LogP contribution in [0.5, 0.6) is 11.5 Å². The first-order valence-electron chi connectivity index (χ1n) is 6.71. The molecular formula is C17H18O3. The van der Waals surface area contributed by atoms with Crippen molar-refractivity contribution in [2.75, 3.05) is 6.61 Å². The predicted octanol–water partition coefficient (Wildman–Crippen LogP) is 3.39. The van der Waals surface area contributed by atoms with Crippen LogP contribution >= 0.6 is 0 Å². The lowest BCUT2D eigenvalue weighted by atomic mass is 10.0. The number of aromatic hydroxyl groups is 1. The van der Waals surface area contributed by atoms with E-state index < -0.39 is 0 Å². The third-order valence-electron chi connectivity index (χ3n) is 3.16. The zero-order valence-corrected chi connectivity index (χ0v) is 11.5. The molecule has 0 atom stereocenters. The van der Waals surface area contributed by atoms with E-state index in [0.717, 1.165) is 24.2 Å². The standard InChI is InChI=1S/C17H18O3/c1-2-20-16-9-6-13(7-10-16)3-4-14-5-8-15(12-18)17(19)11-14/h5-12,19H,2-4H2,1H3. The number of rotatable bonds is 6. The van der Waals surface area contributed by atoms with Gasteiger partial charge in [-0.3, -0.25) is 4.79 Å². The molecule has 0 radical (unpaired) electrons. The average Bonchev–Trinajstić information content (AvgIpc) is 2.47. The topological polar surface area (TPSA) is 46.5 Å². The Hall–Kier alpha value is -2.29. The number of phenolic OH excluding ortho intramolecular Hbond substituents is 1. The first-order valence-corrected chi connectivity index (χ1v) is 6.71. The molecule has 0 aliphatic heterocycles. The van der Waals surface area contributed by atoms with Crippen LogP contribution in [0.15, 0.2) is 42.5 Å². The molecule has 2 rings (SSSR count). The van der Waals surface area contributed by atoms with Gasteiger partial charge in [-0.2, -0.15) is 0 Å². The van der Waals surface area contributed by atoms with E-state index in [1.54, 1.807) is 12.1 Å². The van der Waals surface area contributed by atoms with Crippen LogP contribution in [0.4, 0.5) is 0 Å². The minimum absolute atomic E-state index is 0.0455. The summed E-state index contributed by atoms with van der Waals surface area (Å²) >= 11 is 0. The van der Waals surface area contributed by atoms with Crippen molar-refractivity contribution in [2.45, 2.75) is 19.8 Å². The maximum Gasteiger partial charge on any atom is 0.153 e. The molecule has 0 fully saturated rings. The number of carbonyl (C=O) groups is 1. The molecule has 0 amide bonds. The Morgan fingerprint density at radius 3 is 2.30 bits per heavy atom. The zero-order chi connectivity index (χ0) is 14.4. The number of carbonyl (C=O) groups excluding carboxylic acids is 1. The van der Waals surface area contributed by atoms with Crippen molar-refractivity contribution >= 4 is 6.29 Å². The molecule has 0 aromatic heterocycles. The Labute approximate surface area is 118 Å². The second-order valence-electron chi connectivity index (χ2n) is 4.59. The molecule has 0 aliphatic carbocycles. The number of hydrogen-bond donors (Lipinski definition) is 1. The Balaban J connectivity index is 1.97. The summed E-state index contributed by atoms with van der Waals surface area (Å²) in [4.78, 5) is 10.6. The highest BCUT2D eigenvalue weighted by atomic mass is 16.5. The SMILES string of the molecule is CCOc1ccc(CCc2ccc(C=O)c(O)c2)cc1. The predicted molar refractivity (Wildman–Crippen MR) is 78.5 cm³/mol. The number of aryl methyl sites for hydroxylation is 2. The maximum absolute atomic E-state index is 10.6. The van der Waals surface area contributed by atoms with E-state index in [9.17, 15) is 9.90 Å². The zero-order valence-electron chi connectivity index (χ0n) is 11.5. The van der Waals surface area contributed by atoms with Crippen LogP contribution in [-0.2, 0) is 12.8 Å². The number of phenols is 1. The minimum Gasteiger partial charge on any atom is -0.507 e. The Morgan fingerprint density at radius 2 is 1.70 bits per heavy atom. The second kappa shape index (κ2) is 6.75. The van der Waals surface area contributed by atoms with Crippen LogP contribution in [0.25, 0.3) is 0 Å². The van der Waals surface area contributed by atoms with E-state index in [2.05, 4.69) is 0 Å². The summed E-state index contributed by atoms with van der Waals surface area (Å²) in [6.45, 7) is 2.63. The van der Waals surface area contributed by atoms with Crippen molar-refractivity contribution in [2.24, 2.45) is 0 Å². The lowest BCUT2D eigenvalue weighted by Crippen LogP contribution is -1.94. The van der Waals surface area contributed by atoms with Gasteiger partial charge in [-0.15, -0.1) is 0 Å². The van der Waals surface area contributed by atoms with Crippen molar-refractivity contribution in [1.82, 2.24) is 0 Å². The van der Waals surface area contributed by atoms with Crippen molar-refractivity contribution < 1.29 is 14.6 Å². The van der Waals surface area contributed by atoms with Crippen LogP contribution in [0.3, 0.4) is 0 Å². The highest BCUT2D eigenvalue weighted by Gasteiger charge is 2.02. The van der Waals surface area contributed by atoms with Crippen molar-refractivity contribution in [3.8, 4) is 11.5 Å².